The van der Waals surface area contributed by atoms with Gasteiger partial charge in [-0.15, -0.1) is 0 Å². The van der Waals surface area contributed by atoms with Crippen LogP contribution in [0.5, 0.6) is 5.75 Å². The molecule has 0 atom stereocenters. The van der Waals surface area contributed by atoms with E-state index in [1.165, 1.54) is 0 Å². The zero-order chi connectivity index (χ0) is 10.1. The second kappa shape index (κ2) is 3.06. The lowest BCUT2D eigenvalue weighted by Gasteiger charge is -2.01. The molecule has 1 aromatic heterocycles. The summed E-state index contributed by atoms with van der Waals surface area (Å²) in [5, 5.41) is 16.0. The summed E-state index contributed by atoms with van der Waals surface area (Å²) >= 11 is 0. The van der Waals surface area contributed by atoms with Gasteiger partial charge < -0.3 is 10.8 Å². The summed E-state index contributed by atoms with van der Waals surface area (Å²) in [6, 6.07) is 7.10. The number of hydrogen-bond acceptors (Lipinski definition) is 3. The maximum absolute atomic E-state index is 9.35. The molecule has 2 rings (SSSR count). The van der Waals surface area contributed by atoms with Crippen LogP contribution < -0.4 is 5.73 Å². The Morgan fingerprint density at radius 1 is 1.36 bits per heavy atom. The van der Waals surface area contributed by atoms with E-state index in [0.717, 1.165) is 16.8 Å². The Morgan fingerprint density at radius 3 is 2.71 bits per heavy atom. The summed E-state index contributed by atoms with van der Waals surface area (Å²) < 4.78 is 0. The van der Waals surface area contributed by atoms with E-state index >= 15 is 0 Å². The molecule has 0 amide bonds. The van der Waals surface area contributed by atoms with Crippen molar-refractivity contribution >= 4 is 5.82 Å². The molecule has 72 valence electrons. The minimum atomic E-state index is 0.293. The monoisotopic (exact) mass is 189 g/mol. The molecule has 2 aromatic rings. The van der Waals surface area contributed by atoms with Gasteiger partial charge in [-0.2, -0.15) is 5.10 Å². The first-order valence-electron chi connectivity index (χ1n) is 4.27. The van der Waals surface area contributed by atoms with Crippen molar-refractivity contribution in [3.8, 4) is 17.0 Å². The number of aromatic nitrogens is 2. The number of anilines is 1. The zero-order valence-electron chi connectivity index (χ0n) is 7.78. The van der Waals surface area contributed by atoms with Gasteiger partial charge in [-0.1, -0.05) is 0 Å². The Kier molecular flexibility index (Phi) is 1.89. The van der Waals surface area contributed by atoms with Gasteiger partial charge in [0.15, 0.2) is 0 Å². The van der Waals surface area contributed by atoms with Gasteiger partial charge >= 0.3 is 0 Å². The molecule has 4 nitrogen and oxygen atoms in total. The normalized spacial score (nSPS) is 10.4. The minimum Gasteiger partial charge on any atom is -0.508 e. The predicted molar refractivity (Wildman–Crippen MR) is 54.8 cm³/mol. The summed E-state index contributed by atoms with van der Waals surface area (Å²) in [4.78, 5) is 0. The summed E-state index contributed by atoms with van der Waals surface area (Å²) in [6.45, 7) is 1.85. The van der Waals surface area contributed by atoms with E-state index in [9.17, 15) is 5.11 Å². The molecule has 0 bridgehead atoms. The van der Waals surface area contributed by atoms with Crippen LogP contribution in [0.1, 0.15) is 5.56 Å². The Bertz CT molecular complexity index is 462. The number of nitrogen functional groups attached to an aromatic ring is 1. The number of aryl methyl sites for hydroxylation is 1. The van der Waals surface area contributed by atoms with Crippen LogP contribution in [0.25, 0.3) is 11.3 Å². The molecule has 0 saturated heterocycles. The van der Waals surface area contributed by atoms with Crippen molar-refractivity contribution in [2.45, 2.75) is 6.92 Å². The molecule has 0 fully saturated rings. The Labute approximate surface area is 81.4 Å². The number of H-pyrrole nitrogens is 1. The highest BCUT2D eigenvalue weighted by molar-refractivity contribution is 5.64. The highest BCUT2D eigenvalue weighted by atomic mass is 16.3. The second-order valence-electron chi connectivity index (χ2n) is 3.21. The van der Waals surface area contributed by atoms with Crippen LogP contribution in [0.3, 0.4) is 0 Å². The number of nitrogens with two attached hydrogens (primary N) is 1. The number of phenols is 1. The molecule has 0 aliphatic rings. The van der Waals surface area contributed by atoms with E-state index in [4.69, 9.17) is 5.73 Å². The van der Waals surface area contributed by atoms with E-state index in [1.807, 2.05) is 19.1 Å². The van der Waals surface area contributed by atoms with Gasteiger partial charge in [0, 0.05) is 11.6 Å². The van der Waals surface area contributed by atoms with Crippen molar-refractivity contribution in [1.82, 2.24) is 10.2 Å². The van der Waals surface area contributed by atoms with Gasteiger partial charge in [0.2, 0.25) is 0 Å². The highest BCUT2D eigenvalue weighted by Crippen LogP contribution is 2.24. The topological polar surface area (TPSA) is 74.9 Å². The fourth-order valence-electron chi connectivity index (χ4n) is 1.31. The molecule has 4 heteroatoms. The van der Waals surface area contributed by atoms with Crippen LogP contribution in [0.4, 0.5) is 5.82 Å². The number of hydrogen-bond donors (Lipinski definition) is 3. The van der Waals surface area contributed by atoms with Crippen LogP contribution >= 0.6 is 0 Å². The lowest BCUT2D eigenvalue weighted by Crippen LogP contribution is -1.81. The van der Waals surface area contributed by atoms with Crippen molar-refractivity contribution in [3.63, 3.8) is 0 Å². The van der Waals surface area contributed by atoms with E-state index in [0.29, 0.717) is 11.6 Å². The molecular weight excluding hydrogens is 178 g/mol. The standard InChI is InChI=1S/C10H11N3O/c1-6-4-7(2-3-9(6)14)8-5-10(11)13-12-8/h2-5,14H,1H3,(H3,11,12,13). The molecule has 1 aromatic carbocycles. The average Bonchev–Trinajstić information content (AvgIpc) is 2.57. The quantitative estimate of drug-likeness (QED) is 0.638. The van der Waals surface area contributed by atoms with Gasteiger partial charge in [0.1, 0.15) is 11.6 Å². The summed E-state index contributed by atoms with van der Waals surface area (Å²) in [5.74, 6) is 0.756. The lowest BCUT2D eigenvalue weighted by molar-refractivity contribution is 0.471. The van der Waals surface area contributed by atoms with Crippen molar-refractivity contribution in [3.05, 3.63) is 29.8 Å². The average molecular weight is 189 g/mol. The molecule has 0 unspecified atom stereocenters. The molecule has 0 aliphatic carbocycles. The van der Waals surface area contributed by atoms with Gasteiger partial charge in [0.05, 0.1) is 5.69 Å². The van der Waals surface area contributed by atoms with Crippen molar-refractivity contribution in [1.29, 1.82) is 0 Å². The SMILES string of the molecule is Cc1cc(-c2cc(N)n[nH]2)ccc1O. The smallest absolute Gasteiger partial charge is 0.145 e. The van der Waals surface area contributed by atoms with Crippen LogP contribution in [-0.4, -0.2) is 15.3 Å². The Morgan fingerprint density at radius 2 is 2.14 bits per heavy atom. The maximum atomic E-state index is 9.35. The number of nitrogens with zero attached hydrogens (tertiary/aromatic N) is 1. The number of benzene rings is 1. The fraction of sp³-hybridized carbons (Fsp3) is 0.100. The maximum Gasteiger partial charge on any atom is 0.145 e. The molecule has 0 aliphatic heterocycles. The molecular formula is C10H11N3O. The largest absolute Gasteiger partial charge is 0.508 e. The number of phenolic OH excluding ortho intramolecular Hbond substituents is 1. The van der Waals surface area contributed by atoms with Crippen LogP contribution in [0.2, 0.25) is 0 Å². The number of aromatic amines is 1. The highest BCUT2D eigenvalue weighted by Gasteiger charge is 2.03. The summed E-state index contributed by atoms with van der Waals surface area (Å²) in [6.07, 6.45) is 0. The summed E-state index contributed by atoms with van der Waals surface area (Å²) in [7, 11) is 0. The first kappa shape index (κ1) is 8.62. The fourth-order valence-corrected chi connectivity index (χ4v) is 1.31. The van der Waals surface area contributed by atoms with Crippen LogP contribution in [0.15, 0.2) is 24.3 Å². The molecule has 4 N–H and O–H groups in total. The third kappa shape index (κ3) is 1.42. The molecule has 0 saturated carbocycles. The van der Waals surface area contributed by atoms with Gasteiger partial charge in [-0.05, 0) is 30.7 Å². The summed E-state index contributed by atoms with van der Waals surface area (Å²) in [5.41, 5.74) is 8.14. The molecule has 0 spiro atoms. The van der Waals surface area contributed by atoms with Crippen LogP contribution in [0, 0.1) is 6.92 Å². The zero-order valence-corrected chi connectivity index (χ0v) is 7.78. The predicted octanol–water partition coefficient (Wildman–Crippen LogP) is 1.67. The molecule has 0 radical (unpaired) electrons. The number of nitrogens with one attached hydrogen (secondary N) is 1. The van der Waals surface area contributed by atoms with E-state index < -0.39 is 0 Å². The third-order valence-electron chi connectivity index (χ3n) is 2.11. The molecule has 14 heavy (non-hydrogen) atoms. The van der Waals surface area contributed by atoms with Gasteiger partial charge in [-0.3, -0.25) is 5.10 Å². The van der Waals surface area contributed by atoms with Gasteiger partial charge in [0.25, 0.3) is 0 Å². The number of aromatic hydroxyl groups is 1. The third-order valence-corrected chi connectivity index (χ3v) is 2.11. The van der Waals surface area contributed by atoms with Crippen LogP contribution in [-0.2, 0) is 0 Å². The van der Waals surface area contributed by atoms with E-state index in [1.54, 1.807) is 12.1 Å². The van der Waals surface area contributed by atoms with Crippen molar-refractivity contribution in [2.24, 2.45) is 0 Å². The Hall–Kier alpha value is -1.97. The van der Waals surface area contributed by atoms with E-state index in [2.05, 4.69) is 10.2 Å². The number of rotatable bonds is 1. The lowest BCUT2D eigenvalue weighted by atomic mass is 10.1. The second-order valence-corrected chi connectivity index (χ2v) is 3.21. The van der Waals surface area contributed by atoms with Crippen molar-refractivity contribution in [2.75, 3.05) is 5.73 Å². The van der Waals surface area contributed by atoms with Crippen molar-refractivity contribution < 1.29 is 5.11 Å². The molecule has 1 heterocycles. The first-order chi connectivity index (χ1) is 6.66. The first-order valence-corrected chi connectivity index (χ1v) is 4.27. The van der Waals surface area contributed by atoms with Gasteiger partial charge in [-0.25, -0.2) is 0 Å². The minimum absolute atomic E-state index is 0.293. The Balaban J connectivity index is 2.47. The van der Waals surface area contributed by atoms with E-state index in [-0.39, 0.29) is 0 Å².